The fraction of sp³-hybridized carbons (Fsp3) is 0.550. The number of carbonyl (C=O) groups is 3. The minimum absolute atomic E-state index is 0.155. The third kappa shape index (κ3) is 2.77. The normalized spacial score (nSPS) is 26.0. The Labute approximate surface area is 152 Å². The van der Waals surface area contributed by atoms with Gasteiger partial charge in [0.15, 0.2) is 0 Å². The van der Waals surface area contributed by atoms with E-state index in [1.54, 1.807) is 13.8 Å². The van der Waals surface area contributed by atoms with Crippen molar-refractivity contribution < 1.29 is 19.5 Å². The molecule has 2 atom stereocenters. The van der Waals surface area contributed by atoms with Crippen LogP contribution in [0.15, 0.2) is 18.2 Å². The summed E-state index contributed by atoms with van der Waals surface area (Å²) in [5, 5.41) is 12.1. The number of aryl methyl sites for hydroxylation is 1. The first-order valence-electron chi connectivity index (χ1n) is 9.28. The number of amides is 2. The lowest BCUT2D eigenvalue weighted by molar-refractivity contribution is -0.140. The van der Waals surface area contributed by atoms with E-state index in [1.807, 2.05) is 23.1 Å². The highest BCUT2D eigenvalue weighted by molar-refractivity contribution is 6.01. The SMILES string of the molecule is CC1(C)[C@@H](C(=O)O)[C@@H]1C(=O)Nc1ccc2c(c1)N(C(=O)C1CC1)CCC2. The zero-order valence-corrected chi connectivity index (χ0v) is 15.1. The van der Waals surface area contributed by atoms with Crippen molar-refractivity contribution in [1.29, 1.82) is 0 Å². The summed E-state index contributed by atoms with van der Waals surface area (Å²) in [6, 6.07) is 5.66. The van der Waals surface area contributed by atoms with Crippen molar-refractivity contribution in [2.24, 2.45) is 23.2 Å². The molecule has 0 bridgehead atoms. The molecule has 1 aliphatic heterocycles. The number of anilines is 2. The van der Waals surface area contributed by atoms with Gasteiger partial charge >= 0.3 is 5.97 Å². The van der Waals surface area contributed by atoms with Crippen LogP contribution < -0.4 is 10.2 Å². The highest BCUT2D eigenvalue weighted by atomic mass is 16.4. The molecule has 2 aliphatic carbocycles. The minimum Gasteiger partial charge on any atom is -0.481 e. The molecule has 3 aliphatic rings. The number of fused-ring (bicyclic) bond motifs is 1. The Balaban J connectivity index is 1.53. The summed E-state index contributed by atoms with van der Waals surface area (Å²) < 4.78 is 0. The summed E-state index contributed by atoms with van der Waals surface area (Å²) >= 11 is 0. The number of nitrogens with one attached hydrogen (secondary N) is 1. The molecular formula is C20H24N2O4. The van der Waals surface area contributed by atoms with Crippen molar-refractivity contribution in [3.8, 4) is 0 Å². The van der Waals surface area contributed by atoms with Crippen LogP contribution in [0.1, 0.15) is 38.7 Å². The second-order valence-corrected chi connectivity index (χ2v) is 8.32. The van der Waals surface area contributed by atoms with Crippen LogP contribution in [0, 0.1) is 23.2 Å². The molecule has 0 spiro atoms. The van der Waals surface area contributed by atoms with Crippen LogP contribution >= 0.6 is 0 Å². The zero-order chi connectivity index (χ0) is 18.6. The molecule has 2 fully saturated rings. The largest absolute Gasteiger partial charge is 0.481 e. The van der Waals surface area contributed by atoms with Crippen molar-refractivity contribution in [3.63, 3.8) is 0 Å². The van der Waals surface area contributed by atoms with Crippen molar-refractivity contribution in [2.45, 2.75) is 39.5 Å². The smallest absolute Gasteiger partial charge is 0.307 e. The molecule has 4 rings (SSSR count). The fourth-order valence-electron chi connectivity index (χ4n) is 4.24. The molecule has 6 nitrogen and oxygen atoms in total. The molecule has 1 aromatic rings. The lowest BCUT2D eigenvalue weighted by Crippen LogP contribution is -2.36. The van der Waals surface area contributed by atoms with E-state index in [9.17, 15) is 19.5 Å². The van der Waals surface area contributed by atoms with Gasteiger partial charge in [0, 0.05) is 23.8 Å². The Bertz CT molecular complexity index is 797. The summed E-state index contributed by atoms with van der Waals surface area (Å²) in [4.78, 5) is 38.3. The highest BCUT2D eigenvalue weighted by Crippen LogP contribution is 2.58. The van der Waals surface area contributed by atoms with Crippen LogP contribution in [0.2, 0.25) is 0 Å². The molecule has 6 heteroatoms. The maximum atomic E-state index is 12.6. The van der Waals surface area contributed by atoms with Gasteiger partial charge in [0.2, 0.25) is 11.8 Å². The minimum atomic E-state index is -0.929. The van der Waals surface area contributed by atoms with E-state index in [0.717, 1.165) is 43.5 Å². The van der Waals surface area contributed by atoms with E-state index >= 15 is 0 Å². The number of carboxylic acid groups (broad SMARTS) is 1. The predicted molar refractivity (Wildman–Crippen MR) is 96.9 cm³/mol. The Morgan fingerprint density at radius 2 is 1.92 bits per heavy atom. The van der Waals surface area contributed by atoms with Gasteiger partial charge in [-0.15, -0.1) is 0 Å². The van der Waals surface area contributed by atoms with Gasteiger partial charge in [0.05, 0.1) is 11.8 Å². The van der Waals surface area contributed by atoms with Gasteiger partial charge in [0.25, 0.3) is 0 Å². The number of hydrogen-bond donors (Lipinski definition) is 2. The van der Waals surface area contributed by atoms with Crippen LogP contribution in [0.4, 0.5) is 11.4 Å². The molecule has 0 aromatic heterocycles. The maximum Gasteiger partial charge on any atom is 0.307 e. The van der Waals surface area contributed by atoms with Gasteiger partial charge in [0.1, 0.15) is 0 Å². The number of carbonyl (C=O) groups excluding carboxylic acids is 2. The van der Waals surface area contributed by atoms with Gasteiger partial charge in [-0.1, -0.05) is 19.9 Å². The molecule has 0 saturated heterocycles. The number of aliphatic carboxylic acids is 1. The van der Waals surface area contributed by atoms with E-state index in [0.29, 0.717) is 5.69 Å². The third-order valence-corrected chi connectivity index (χ3v) is 6.04. The molecule has 1 heterocycles. The van der Waals surface area contributed by atoms with Crippen LogP contribution in [-0.4, -0.2) is 29.4 Å². The van der Waals surface area contributed by atoms with Gasteiger partial charge < -0.3 is 15.3 Å². The Kier molecular flexibility index (Phi) is 3.82. The summed E-state index contributed by atoms with van der Waals surface area (Å²) in [6.07, 6.45) is 3.81. The van der Waals surface area contributed by atoms with Crippen molar-refractivity contribution in [1.82, 2.24) is 0 Å². The number of hydrogen-bond acceptors (Lipinski definition) is 3. The fourth-order valence-corrected chi connectivity index (χ4v) is 4.24. The van der Waals surface area contributed by atoms with Crippen LogP contribution in [0.5, 0.6) is 0 Å². The second kappa shape index (κ2) is 5.83. The lowest BCUT2D eigenvalue weighted by Gasteiger charge is -2.30. The summed E-state index contributed by atoms with van der Waals surface area (Å²) in [6.45, 7) is 4.33. The summed E-state index contributed by atoms with van der Waals surface area (Å²) in [5.74, 6) is -2.03. The zero-order valence-electron chi connectivity index (χ0n) is 15.1. The van der Waals surface area contributed by atoms with Crippen LogP contribution in [-0.2, 0) is 20.8 Å². The number of carboxylic acids is 1. The van der Waals surface area contributed by atoms with Crippen LogP contribution in [0.25, 0.3) is 0 Å². The molecule has 26 heavy (non-hydrogen) atoms. The van der Waals surface area contributed by atoms with Gasteiger partial charge in [-0.25, -0.2) is 0 Å². The van der Waals surface area contributed by atoms with Gasteiger partial charge in [-0.3, -0.25) is 14.4 Å². The topological polar surface area (TPSA) is 86.7 Å². The third-order valence-electron chi connectivity index (χ3n) is 6.04. The first-order chi connectivity index (χ1) is 12.3. The summed E-state index contributed by atoms with van der Waals surface area (Å²) in [7, 11) is 0. The maximum absolute atomic E-state index is 12.6. The lowest BCUT2D eigenvalue weighted by atomic mass is 10.0. The van der Waals surface area contributed by atoms with E-state index in [-0.39, 0.29) is 17.7 Å². The van der Waals surface area contributed by atoms with Crippen LogP contribution in [0.3, 0.4) is 0 Å². The van der Waals surface area contributed by atoms with Crippen molar-refractivity contribution in [2.75, 3.05) is 16.8 Å². The Morgan fingerprint density at radius 3 is 2.54 bits per heavy atom. The van der Waals surface area contributed by atoms with E-state index in [4.69, 9.17) is 0 Å². The average Bonchev–Trinajstić information content (AvgIpc) is 3.49. The summed E-state index contributed by atoms with van der Waals surface area (Å²) in [5.41, 5.74) is 2.10. The predicted octanol–water partition coefficient (Wildman–Crippen LogP) is 2.67. The first kappa shape index (κ1) is 17.1. The van der Waals surface area contributed by atoms with Gasteiger partial charge in [-0.05, 0) is 48.8 Å². The Morgan fingerprint density at radius 1 is 1.19 bits per heavy atom. The number of rotatable bonds is 4. The molecule has 138 valence electrons. The monoisotopic (exact) mass is 356 g/mol. The number of benzene rings is 1. The molecular weight excluding hydrogens is 332 g/mol. The second-order valence-electron chi connectivity index (χ2n) is 8.32. The first-order valence-corrected chi connectivity index (χ1v) is 9.28. The highest BCUT2D eigenvalue weighted by Gasteiger charge is 2.65. The molecule has 0 unspecified atom stereocenters. The number of nitrogens with zero attached hydrogens (tertiary/aromatic N) is 1. The molecule has 2 amide bonds. The molecule has 0 radical (unpaired) electrons. The van der Waals surface area contributed by atoms with Crippen molar-refractivity contribution >= 4 is 29.2 Å². The average molecular weight is 356 g/mol. The van der Waals surface area contributed by atoms with Crippen molar-refractivity contribution in [3.05, 3.63) is 23.8 Å². The molecule has 2 saturated carbocycles. The van der Waals surface area contributed by atoms with E-state index < -0.39 is 23.2 Å². The molecule has 1 aromatic carbocycles. The molecule has 2 N–H and O–H groups in total. The van der Waals surface area contributed by atoms with Gasteiger partial charge in [-0.2, -0.15) is 0 Å². The van der Waals surface area contributed by atoms with E-state index in [1.165, 1.54) is 0 Å². The standard InChI is InChI=1S/C20H24N2O4/c1-20(2)15(16(20)19(25)26)17(23)21-13-8-7-11-4-3-9-22(14(11)10-13)18(24)12-5-6-12/h7-8,10,12,15-16H,3-6,9H2,1-2H3,(H,21,23)(H,25,26)/t15-,16-/m1/s1. The van der Waals surface area contributed by atoms with E-state index in [2.05, 4.69) is 5.32 Å². The quantitative estimate of drug-likeness (QED) is 0.868. The Hall–Kier alpha value is -2.37.